The molecule has 0 amide bonds. The highest BCUT2D eigenvalue weighted by Crippen LogP contribution is 2.27. The number of halogens is 2. The second kappa shape index (κ2) is 20.9. The number of nitrogens with two attached hydrogens (primary N) is 1. The maximum atomic E-state index is 13.2. The van der Waals surface area contributed by atoms with Crippen molar-refractivity contribution >= 4 is 37.2 Å². The second-order valence-electron chi connectivity index (χ2n) is 14.7. The molecule has 2 aliphatic heterocycles. The second-order valence-corrected chi connectivity index (χ2v) is 18.7. The predicted molar refractivity (Wildman–Crippen MR) is 229 cm³/mol. The van der Waals surface area contributed by atoms with E-state index in [1.54, 1.807) is 84.9 Å². The highest BCUT2D eigenvalue weighted by atomic mass is 32.2. The lowest BCUT2D eigenvalue weighted by molar-refractivity contribution is 0.100. The number of anilines is 2. The van der Waals surface area contributed by atoms with Crippen LogP contribution in [-0.2, 0) is 33.1 Å². The Bertz CT molecular complexity index is 2320. The molecule has 0 atom stereocenters. The van der Waals surface area contributed by atoms with E-state index in [2.05, 4.69) is 20.0 Å². The summed E-state index contributed by atoms with van der Waals surface area (Å²) in [5.74, 6) is -0.748. The molecule has 5 aromatic rings. The highest BCUT2D eigenvalue weighted by molar-refractivity contribution is 7.93. The molecule has 2 saturated heterocycles. The number of para-hydroxylation sites is 2. The van der Waals surface area contributed by atoms with Crippen LogP contribution in [0.3, 0.4) is 0 Å². The molecule has 4 aromatic carbocycles. The van der Waals surface area contributed by atoms with E-state index >= 15 is 0 Å². The molecule has 3 heterocycles. The van der Waals surface area contributed by atoms with Gasteiger partial charge in [-0.25, -0.2) is 16.8 Å². The average Bonchev–Trinajstić information content (AvgIpc) is 4.09. The van der Waals surface area contributed by atoms with Crippen LogP contribution in [0.1, 0.15) is 59.5 Å². The van der Waals surface area contributed by atoms with Crippen molar-refractivity contribution in [2.24, 2.45) is 5.73 Å². The number of ketones is 1. The third kappa shape index (κ3) is 12.3. The highest BCUT2D eigenvalue weighted by Gasteiger charge is 2.26. The monoisotopic (exact) mass is 863 g/mol. The lowest BCUT2D eigenvalue weighted by atomic mass is 10.1. The summed E-state index contributed by atoms with van der Waals surface area (Å²) in [5, 5.41) is 6.97. The summed E-state index contributed by atoms with van der Waals surface area (Å²) in [6.07, 6.45) is 1.65. The van der Waals surface area contributed by atoms with Crippen LogP contribution in [0.25, 0.3) is 11.5 Å². The zero-order valence-electron chi connectivity index (χ0n) is 33.4. The Hall–Kier alpha value is -5.07. The molecular weight excluding hydrogens is 813 g/mol. The van der Waals surface area contributed by atoms with Crippen LogP contribution in [0, 0.1) is 0 Å². The van der Waals surface area contributed by atoms with Gasteiger partial charge in [-0.1, -0.05) is 72.8 Å². The minimum Gasteiger partial charge on any atom is -0.415 e. The number of hydrogen-bond donors (Lipinski definition) is 1. The van der Waals surface area contributed by atoms with E-state index in [4.69, 9.17) is 10.2 Å². The van der Waals surface area contributed by atoms with Crippen LogP contribution in [-0.4, -0.2) is 99.9 Å². The number of alkyl halides is 2. The summed E-state index contributed by atoms with van der Waals surface area (Å²) >= 11 is 0. The largest absolute Gasteiger partial charge is 0.415 e. The molecule has 2 aliphatic rings. The number of hydrogen-bond acceptors (Lipinski definition) is 11. The SMILES string of the molecule is NCC(=O)c1ccc(CN(c2ccccc2)S(=O)(=O)CCN2CCCC2)cc1.O=S(=O)(CCN1CCCC1)N(Cc1ccc(-c2nnc(C(F)F)o2)cc1)c1ccccc1. The summed E-state index contributed by atoms with van der Waals surface area (Å²) < 4.78 is 86.0. The minimum atomic E-state index is -3.56. The van der Waals surface area contributed by atoms with E-state index in [0.29, 0.717) is 35.6 Å². The van der Waals surface area contributed by atoms with Crippen LogP contribution in [0.2, 0.25) is 0 Å². The summed E-state index contributed by atoms with van der Waals surface area (Å²) in [6.45, 7) is 5.21. The van der Waals surface area contributed by atoms with Gasteiger partial charge in [0.2, 0.25) is 25.9 Å². The molecule has 0 bridgehead atoms. The van der Waals surface area contributed by atoms with Crippen molar-refractivity contribution in [2.75, 3.05) is 65.9 Å². The summed E-state index contributed by atoms with van der Waals surface area (Å²) in [7, 11) is -7.05. The van der Waals surface area contributed by atoms with E-state index in [1.165, 1.54) is 8.61 Å². The van der Waals surface area contributed by atoms with E-state index in [1.807, 2.05) is 24.3 Å². The molecule has 13 nitrogen and oxygen atoms in total. The summed E-state index contributed by atoms with van der Waals surface area (Å²) in [4.78, 5) is 16.1. The Morgan fingerprint density at radius 1 is 0.650 bits per heavy atom. The van der Waals surface area contributed by atoms with Gasteiger partial charge in [-0.05, 0) is 99.4 Å². The van der Waals surface area contributed by atoms with Crippen LogP contribution >= 0.6 is 0 Å². The normalized spacial score (nSPS) is 14.9. The maximum Gasteiger partial charge on any atom is 0.314 e. The van der Waals surface area contributed by atoms with E-state index < -0.39 is 32.4 Å². The molecule has 17 heteroatoms. The molecule has 1 aromatic heterocycles. The number of likely N-dealkylation sites (tertiary alicyclic amines) is 2. The van der Waals surface area contributed by atoms with Crippen molar-refractivity contribution in [1.29, 1.82) is 0 Å². The van der Waals surface area contributed by atoms with Gasteiger partial charge >= 0.3 is 6.43 Å². The van der Waals surface area contributed by atoms with Gasteiger partial charge in [-0.2, -0.15) is 8.78 Å². The lowest BCUT2D eigenvalue weighted by Gasteiger charge is -2.26. The molecule has 0 unspecified atom stereocenters. The van der Waals surface area contributed by atoms with Gasteiger partial charge in [0.1, 0.15) is 0 Å². The number of carbonyl (C=O) groups excluding carboxylic acids is 1. The Balaban J connectivity index is 0.000000203. The molecular formula is C43H51F2N7O6S2. The van der Waals surface area contributed by atoms with Crippen molar-refractivity contribution in [3.05, 3.63) is 132 Å². The zero-order valence-corrected chi connectivity index (χ0v) is 35.0. The Labute approximate surface area is 350 Å². The molecule has 0 radical (unpaired) electrons. The fourth-order valence-electron chi connectivity index (χ4n) is 7.05. The standard InChI is InChI=1S/C22H24F2N4O3S.C21H27N3O3S/c23-20(24)22-26-25-21(31-22)18-10-8-17(9-11-18)16-28(19-6-2-1-3-7-19)32(29,30)15-14-27-12-4-5-13-27;22-16-21(25)19-10-8-18(9-11-19)17-24(20-6-2-1-3-7-20)28(26,27)15-14-23-12-4-5-13-23/h1-3,6-11,20H,4-5,12-16H2;1-3,6-11H,4-5,12-17,22H2. The fourth-order valence-corrected chi connectivity index (χ4v) is 10.0. The first kappa shape index (κ1) is 44.5. The van der Waals surface area contributed by atoms with Crippen LogP contribution in [0.15, 0.2) is 114 Å². The zero-order chi connectivity index (χ0) is 42.5. The first-order valence-corrected chi connectivity index (χ1v) is 23.2. The van der Waals surface area contributed by atoms with E-state index in [9.17, 15) is 30.4 Å². The van der Waals surface area contributed by atoms with Crippen molar-refractivity contribution in [2.45, 2.75) is 45.2 Å². The van der Waals surface area contributed by atoms with Gasteiger partial charge in [-0.3, -0.25) is 13.4 Å². The molecule has 0 spiro atoms. The van der Waals surface area contributed by atoms with Gasteiger partial charge in [0, 0.05) is 24.2 Å². The molecule has 2 fully saturated rings. The number of benzene rings is 4. The quantitative estimate of drug-likeness (QED) is 0.0975. The topological polar surface area (TPSA) is 163 Å². The van der Waals surface area contributed by atoms with Gasteiger partial charge < -0.3 is 20.0 Å². The number of Topliss-reactive ketones (excluding diaryl/α,β-unsaturated/α-hetero) is 1. The fraction of sp³-hybridized carbons (Fsp3) is 0.372. The molecule has 60 heavy (non-hydrogen) atoms. The molecule has 320 valence electrons. The predicted octanol–water partition coefficient (Wildman–Crippen LogP) is 6.37. The van der Waals surface area contributed by atoms with Crippen molar-refractivity contribution < 1.29 is 34.8 Å². The number of rotatable bonds is 18. The van der Waals surface area contributed by atoms with E-state index in [0.717, 1.165) is 63.0 Å². The number of aromatic nitrogens is 2. The molecule has 2 N–H and O–H groups in total. The Morgan fingerprint density at radius 3 is 1.48 bits per heavy atom. The minimum absolute atomic E-state index is 0.00926. The summed E-state index contributed by atoms with van der Waals surface area (Å²) in [5.41, 5.74) is 9.23. The Kier molecular flexibility index (Phi) is 15.5. The number of nitrogens with zero attached hydrogens (tertiary/aromatic N) is 6. The van der Waals surface area contributed by atoms with Crippen LogP contribution in [0.4, 0.5) is 20.2 Å². The van der Waals surface area contributed by atoms with E-state index in [-0.39, 0.29) is 42.8 Å². The van der Waals surface area contributed by atoms with Crippen molar-refractivity contribution in [3.8, 4) is 11.5 Å². The maximum absolute atomic E-state index is 13.2. The van der Waals surface area contributed by atoms with Crippen LogP contribution < -0.4 is 14.3 Å². The first-order valence-electron chi connectivity index (χ1n) is 20.0. The van der Waals surface area contributed by atoms with Crippen LogP contribution in [0.5, 0.6) is 0 Å². The third-order valence-electron chi connectivity index (χ3n) is 10.4. The summed E-state index contributed by atoms with van der Waals surface area (Å²) in [6, 6.07) is 31.9. The molecule has 0 aliphatic carbocycles. The number of sulfonamides is 2. The average molecular weight is 864 g/mol. The van der Waals surface area contributed by atoms with Gasteiger partial charge in [0.15, 0.2) is 5.78 Å². The molecule has 7 rings (SSSR count). The lowest BCUT2D eigenvalue weighted by Crippen LogP contribution is -2.37. The Morgan fingerprint density at radius 2 is 1.08 bits per heavy atom. The van der Waals surface area contributed by atoms with Crippen molar-refractivity contribution in [3.63, 3.8) is 0 Å². The molecule has 0 saturated carbocycles. The van der Waals surface area contributed by atoms with Gasteiger partial charge in [-0.15, -0.1) is 10.2 Å². The number of carbonyl (C=O) groups is 1. The third-order valence-corrected chi connectivity index (χ3v) is 13.9. The first-order chi connectivity index (χ1) is 28.9. The van der Waals surface area contributed by atoms with Crippen molar-refractivity contribution in [1.82, 2.24) is 20.0 Å². The van der Waals surface area contributed by atoms with Gasteiger partial charge in [0.25, 0.3) is 5.89 Å². The smallest absolute Gasteiger partial charge is 0.314 e. The van der Waals surface area contributed by atoms with Gasteiger partial charge in [0.05, 0.1) is 42.5 Å².